The molecule has 0 radical (unpaired) electrons. The summed E-state index contributed by atoms with van der Waals surface area (Å²) in [5, 5.41) is 2.99. The van der Waals surface area contributed by atoms with Gasteiger partial charge in [-0.25, -0.2) is 4.79 Å². The van der Waals surface area contributed by atoms with Crippen LogP contribution in [0.25, 0.3) is 0 Å². The molecule has 3 amide bonds. The average Bonchev–Trinajstić information content (AvgIpc) is 3.20. The number of nitrogens with one attached hydrogen (secondary N) is 1. The Bertz CT molecular complexity index is 811. The first kappa shape index (κ1) is 19.8. The van der Waals surface area contributed by atoms with Crippen molar-refractivity contribution in [3.63, 3.8) is 0 Å². The molecule has 1 aromatic carbocycles. The molecular formula is C21H27N3O4. The quantitative estimate of drug-likeness (QED) is 0.859. The Labute approximate surface area is 165 Å². The van der Waals surface area contributed by atoms with Crippen LogP contribution in [0.1, 0.15) is 28.6 Å². The Hall–Kier alpha value is -2.96. The first-order valence-corrected chi connectivity index (χ1v) is 9.49. The molecule has 7 heteroatoms. The van der Waals surface area contributed by atoms with Crippen molar-refractivity contribution in [2.24, 2.45) is 0 Å². The molecule has 7 nitrogen and oxygen atoms in total. The summed E-state index contributed by atoms with van der Waals surface area (Å²) in [5.74, 6) is 1.51. The van der Waals surface area contributed by atoms with Gasteiger partial charge in [0.1, 0.15) is 11.5 Å². The summed E-state index contributed by atoms with van der Waals surface area (Å²) >= 11 is 0. The van der Waals surface area contributed by atoms with Gasteiger partial charge in [0, 0.05) is 44.2 Å². The van der Waals surface area contributed by atoms with Crippen LogP contribution >= 0.6 is 0 Å². The average molecular weight is 385 g/mol. The second kappa shape index (κ2) is 8.82. The van der Waals surface area contributed by atoms with Gasteiger partial charge in [0.15, 0.2) is 0 Å². The van der Waals surface area contributed by atoms with Gasteiger partial charge in [-0.05, 0) is 43.7 Å². The van der Waals surface area contributed by atoms with Crippen LogP contribution in [0.2, 0.25) is 0 Å². The van der Waals surface area contributed by atoms with Crippen LogP contribution in [0.5, 0.6) is 5.75 Å². The number of hydrogen-bond donors (Lipinski definition) is 1. The van der Waals surface area contributed by atoms with Gasteiger partial charge < -0.3 is 24.3 Å². The number of methoxy groups -OCH3 is 1. The van der Waals surface area contributed by atoms with Gasteiger partial charge in [0.25, 0.3) is 5.91 Å². The number of urea groups is 1. The molecule has 1 N–H and O–H groups in total. The molecule has 0 bridgehead atoms. The van der Waals surface area contributed by atoms with Crippen molar-refractivity contribution >= 4 is 11.9 Å². The molecule has 1 atom stereocenters. The first-order chi connectivity index (χ1) is 13.5. The van der Waals surface area contributed by atoms with Crippen LogP contribution in [0.4, 0.5) is 4.79 Å². The zero-order valence-electron chi connectivity index (χ0n) is 16.6. The van der Waals surface area contributed by atoms with Gasteiger partial charge in [-0.1, -0.05) is 6.07 Å². The Morgan fingerprint density at radius 2 is 1.89 bits per heavy atom. The van der Waals surface area contributed by atoms with E-state index in [-0.39, 0.29) is 18.0 Å². The minimum atomic E-state index is -0.108. The van der Waals surface area contributed by atoms with Crippen molar-refractivity contribution < 1.29 is 18.7 Å². The summed E-state index contributed by atoms with van der Waals surface area (Å²) in [6.07, 6.45) is 2.27. The molecule has 0 spiro atoms. The molecular weight excluding hydrogens is 358 g/mol. The van der Waals surface area contributed by atoms with Gasteiger partial charge in [0.05, 0.1) is 13.4 Å². The minimum absolute atomic E-state index is 0.0293. The lowest BCUT2D eigenvalue weighted by molar-refractivity contribution is 0.0663. The van der Waals surface area contributed by atoms with Gasteiger partial charge >= 0.3 is 6.03 Å². The fourth-order valence-electron chi connectivity index (χ4n) is 3.33. The highest BCUT2D eigenvalue weighted by molar-refractivity contribution is 5.95. The van der Waals surface area contributed by atoms with Gasteiger partial charge in [0.2, 0.25) is 0 Å². The number of aryl methyl sites for hydroxylation is 1. The van der Waals surface area contributed by atoms with E-state index in [1.165, 1.54) is 0 Å². The van der Waals surface area contributed by atoms with E-state index in [4.69, 9.17) is 9.15 Å². The van der Waals surface area contributed by atoms with Crippen LogP contribution in [-0.4, -0.2) is 61.1 Å². The fraction of sp³-hybridized carbons (Fsp3) is 0.429. The predicted octanol–water partition coefficient (Wildman–Crippen LogP) is 2.70. The SMILES string of the molecule is COc1cc(C(=O)N2CCN(C(=O)NC(C)Cc3ccco3)CC2)ccc1C. The number of furan rings is 1. The normalized spacial score (nSPS) is 15.2. The second-order valence-corrected chi connectivity index (χ2v) is 7.10. The monoisotopic (exact) mass is 385 g/mol. The molecule has 1 saturated heterocycles. The van der Waals surface area contributed by atoms with Crippen LogP contribution in [-0.2, 0) is 6.42 Å². The topological polar surface area (TPSA) is 75.0 Å². The van der Waals surface area contributed by atoms with Crippen molar-refractivity contribution in [3.05, 3.63) is 53.5 Å². The van der Waals surface area contributed by atoms with Crippen molar-refractivity contribution in [3.8, 4) is 5.75 Å². The molecule has 1 aliphatic rings. The van der Waals surface area contributed by atoms with E-state index in [1.807, 2.05) is 38.1 Å². The molecule has 3 rings (SSSR count). The van der Waals surface area contributed by atoms with Crippen molar-refractivity contribution in [2.45, 2.75) is 26.3 Å². The molecule has 1 fully saturated rings. The fourth-order valence-corrected chi connectivity index (χ4v) is 3.33. The molecule has 1 unspecified atom stereocenters. The maximum absolute atomic E-state index is 12.8. The summed E-state index contributed by atoms with van der Waals surface area (Å²) < 4.78 is 10.6. The second-order valence-electron chi connectivity index (χ2n) is 7.10. The number of amides is 3. The van der Waals surface area contributed by atoms with Crippen molar-refractivity contribution in [1.29, 1.82) is 0 Å². The van der Waals surface area contributed by atoms with E-state index in [0.29, 0.717) is 43.9 Å². The number of piperazine rings is 1. The lowest BCUT2D eigenvalue weighted by Crippen LogP contribution is -2.54. The number of benzene rings is 1. The number of ether oxygens (including phenoxy) is 1. The summed E-state index contributed by atoms with van der Waals surface area (Å²) in [4.78, 5) is 28.7. The summed E-state index contributed by atoms with van der Waals surface area (Å²) in [6, 6.07) is 9.07. The maximum Gasteiger partial charge on any atom is 0.317 e. The summed E-state index contributed by atoms with van der Waals surface area (Å²) in [6.45, 7) is 5.93. The molecule has 0 aliphatic carbocycles. The Morgan fingerprint density at radius 1 is 1.18 bits per heavy atom. The van der Waals surface area contributed by atoms with E-state index < -0.39 is 0 Å². The highest BCUT2D eigenvalue weighted by Gasteiger charge is 2.26. The van der Waals surface area contributed by atoms with Crippen molar-refractivity contribution in [2.75, 3.05) is 33.3 Å². The largest absolute Gasteiger partial charge is 0.496 e. The zero-order chi connectivity index (χ0) is 20.1. The number of carbonyl (C=O) groups is 2. The molecule has 1 aliphatic heterocycles. The molecule has 28 heavy (non-hydrogen) atoms. The number of rotatable bonds is 5. The highest BCUT2D eigenvalue weighted by atomic mass is 16.5. The van der Waals surface area contributed by atoms with Crippen molar-refractivity contribution in [1.82, 2.24) is 15.1 Å². The third kappa shape index (κ3) is 4.65. The number of carbonyl (C=O) groups excluding carboxylic acids is 2. The predicted molar refractivity (Wildman–Crippen MR) is 106 cm³/mol. The van der Waals surface area contributed by atoms with Crippen LogP contribution in [0.3, 0.4) is 0 Å². The summed E-state index contributed by atoms with van der Waals surface area (Å²) in [7, 11) is 1.60. The van der Waals surface area contributed by atoms with Gasteiger partial charge in [-0.2, -0.15) is 0 Å². The molecule has 1 aromatic heterocycles. The minimum Gasteiger partial charge on any atom is -0.496 e. The van der Waals surface area contributed by atoms with E-state index in [0.717, 1.165) is 11.3 Å². The molecule has 150 valence electrons. The van der Waals surface area contributed by atoms with Gasteiger partial charge in [-0.3, -0.25) is 4.79 Å². The maximum atomic E-state index is 12.8. The van der Waals surface area contributed by atoms with E-state index in [9.17, 15) is 9.59 Å². The van der Waals surface area contributed by atoms with Gasteiger partial charge in [-0.15, -0.1) is 0 Å². The smallest absolute Gasteiger partial charge is 0.317 e. The van der Waals surface area contributed by atoms with E-state index in [1.54, 1.807) is 29.2 Å². The van der Waals surface area contributed by atoms with Crippen LogP contribution in [0, 0.1) is 6.92 Å². The van der Waals surface area contributed by atoms with E-state index in [2.05, 4.69) is 5.32 Å². The third-order valence-electron chi connectivity index (χ3n) is 4.97. The van der Waals surface area contributed by atoms with E-state index >= 15 is 0 Å². The molecule has 2 heterocycles. The third-order valence-corrected chi connectivity index (χ3v) is 4.97. The first-order valence-electron chi connectivity index (χ1n) is 9.49. The summed E-state index contributed by atoms with van der Waals surface area (Å²) in [5.41, 5.74) is 1.59. The lowest BCUT2D eigenvalue weighted by Gasteiger charge is -2.35. The lowest BCUT2D eigenvalue weighted by atomic mass is 10.1. The number of hydrogen-bond acceptors (Lipinski definition) is 4. The number of nitrogens with zero attached hydrogens (tertiary/aromatic N) is 2. The van der Waals surface area contributed by atoms with Crippen LogP contribution in [0.15, 0.2) is 41.0 Å². The zero-order valence-corrected chi connectivity index (χ0v) is 16.6. The molecule has 0 saturated carbocycles. The van der Waals surface area contributed by atoms with Crippen LogP contribution < -0.4 is 10.1 Å². The Balaban J connectivity index is 1.50. The Morgan fingerprint density at radius 3 is 2.54 bits per heavy atom. The standard InChI is InChI=1S/C21H27N3O4/c1-15-6-7-17(14-19(15)27-3)20(25)23-8-10-24(11-9-23)21(26)22-16(2)13-18-5-4-12-28-18/h4-7,12,14,16H,8-11,13H2,1-3H3,(H,22,26). The molecule has 2 aromatic rings. The Kier molecular flexibility index (Phi) is 6.23. The highest BCUT2D eigenvalue weighted by Crippen LogP contribution is 2.20.